The van der Waals surface area contributed by atoms with Gasteiger partial charge in [0.05, 0.1) is 0 Å². The highest BCUT2D eigenvalue weighted by Crippen LogP contribution is 2.55. The fourth-order valence-electron chi connectivity index (χ4n) is 5.20. The van der Waals surface area contributed by atoms with Crippen molar-refractivity contribution in [2.75, 3.05) is 0 Å². The van der Waals surface area contributed by atoms with Crippen LogP contribution in [0.5, 0.6) is 0 Å². The number of fused-ring (bicyclic) bond motifs is 3. The molecule has 5 rings (SSSR count). The molecule has 2 aromatic heterocycles. The minimum absolute atomic E-state index is 0.134. The average molecular weight is 415 g/mol. The van der Waals surface area contributed by atoms with Crippen LogP contribution in [0.15, 0.2) is 71.4 Å². The Kier molecular flexibility index (Phi) is 4.93. The first-order valence-corrected chi connectivity index (χ1v) is 12.4. The zero-order chi connectivity index (χ0) is 19.8. The molecule has 0 spiro atoms. The number of thiophene rings is 2. The first kappa shape index (κ1) is 18.8. The highest BCUT2D eigenvalue weighted by molar-refractivity contribution is 7.13. The second-order valence-corrected chi connectivity index (χ2v) is 9.95. The van der Waals surface area contributed by atoms with Crippen LogP contribution >= 0.6 is 22.7 Å². The van der Waals surface area contributed by atoms with Gasteiger partial charge in [0.25, 0.3) is 0 Å². The molecule has 0 saturated heterocycles. The molecule has 0 bridgehead atoms. The van der Waals surface area contributed by atoms with Crippen molar-refractivity contribution in [3.63, 3.8) is 0 Å². The lowest BCUT2D eigenvalue weighted by Crippen LogP contribution is -2.25. The molecule has 2 heterocycles. The van der Waals surface area contributed by atoms with Gasteiger partial charge in [-0.15, -0.1) is 22.7 Å². The van der Waals surface area contributed by atoms with E-state index in [1.165, 1.54) is 57.7 Å². The second kappa shape index (κ2) is 7.59. The van der Waals surface area contributed by atoms with Crippen molar-refractivity contribution in [3.05, 3.63) is 82.6 Å². The minimum Gasteiger partial charge on any atom is -0.144 e. The molecule has 2 heteroatoms. The molecular formula is C27H26S2. The minimum atomic E-state index is 0.134. The maximum absolute atomic E-state index is 2.50. The van der Waals surface area contributed by atoms with Crippen molar-refractivity contribution < 1.29 is 0 Å². The lowest BCUT2D eigenvalue weighted by molar-refractivity contribution is 0.436. The molecule has 2 aromatic carbocycles. The average Bonchev–Trinajstić information content (AvgIpc) is 3.50. The summed E-state index contributed by atoms with van der Waals surface area (Å²) in [5.74, 6) is 0. The smallest absolute Gasteiger partial charge is 0.0342 e. The Bertz CT molecular complexity index is 1030. The van der Waals surface area contributed by atoms with Crippen molar-refractivity contribution in [1.82, 2.24) is 0 Å². The van der Waals surface area contributed by atoms with Crippen molar-refractivity contribution in [3.8, 4) is 32.0 Å². The van der Waals surface area contributed by atoms with Crippen LogP contribution in [0.3, 0.4) is 0 Å². The molecule has 0 unspecified atom stereocenters. The van der Waals surface area contributed by atoms with Gasteiger partial charge >= 0.3 is 0 Å². The molecule has 1 aliphatic carbocycles. The van der Waals surface area contributed by atoms with Gasteiger partial charge in [-0.05, 0) is 81.2 Å². The maximum Gasteiger partial charge on any atom is 0.0342 e. The van der Waals surface area contributed by atoms with Crippen molar-refractivity contribution >= 4 is 22.7 Å². The van der Waals surface area contributed by atoms with E-state index in [1.807, 2.05) is 22.7 Å². The molecule has 0 aliphatic heterocycles. The number of hydrogen-bond donors (Lipinski definition) is 0. The van der Waals surface area contributed by atoms with Crippen LogP contribution in [0.1, 0.15) is 50.7 Å². The molecule has 0 amide bonds. The first-order chi connectivity index (χ1) is 14.3. The Labute approximate surface area is 181 Å². The predicted octanol–water partition coefficient (Wildman–Crippen LogP) is 9.01. The van der Waals surface area contributed by atoms with Crippen LogP contribution in [0.25, 0.3) is 32.0 Å². The first-order valence-electron chi connectivity index (χ1n) is 10.6. The molecule has 0 saturated carbocycles. The summed E-state index contributed by atoms with van der Waals surface area (Å²) in [6.45, 7) is 4.67. The molecule has 0 N–H and O–H groups in total. The van der Waals surface area contributed by atoms with Crippen molar-refractivity contribution in [1.29, 1.82) is 0 Å². The molecule has 1 aliphatic rings. The maximum atomic E-state index is 2.50. The number of benzene rings is 2. The number of hydrogen-bond acceptors (Lipinski definition) is 2. The Morgan fingerprint density at radius 1 is 0.655 bits per heavy atom. The molecule has 29 heavy (non-hydrogen) atoms. The van der Waals surface area contributed by atoms with Crippen LogP contribution in [-0.2, 0) is 5.41 Å². The normalized spacial score (nSPS) is 14.0. The highest BCUT2D eigenvalue weighted by atomic mass is 32.1. The van der Waals surface area contributed by atoms with Gasteiger partial charge in [0.1, 0.15) is 0 Å². The molecule has 0 nitrogen and oxygen atoms in total. The van der Waals surface area contributed by atoms with Gasteiger partial charge in [0.2, 0.25) is 0 Å². The van der Waals surface area contributed by atoms with Gasteiger partial charge in [-0.2, -0.15) is 0 Å². The Morgan fingerprint density at radius 2 is 1.14 bits per heavy atom. The molecule has 0 radical (unpaired) electrons. The van der Waals surface area contributed by atoms with E-state index in [2.05, 4.69) is 85.3 Å². The Morgan fingerprint density at radius 3 is 1.52 bits per heavy atom. The van der Waals surface area contributed by atoms with E-state index >= 15 is 0 Å². The molecule has 146 valence electrons. The summed E-state index contributed by atoms with van der Waals surface area (Å²) >= 11 is 3.67. The Hall–Kier alpha value is -2.16. The van der Waals surface area contributed by atoms with Crippen LogP contribution in [0.4, 0.5) is 0 Å². The van der Waals surface area contributed by atoms with Crippen molar-refractivity contribution in [2.24, 2.45) is 0 Å². The summed E-state index contributed by atoms with van der Waals surface area (Å²) in [7, 11) is 0. The summed E-state index contributed by atoms with van der Waals surface area (Å²) in [5.41, 5.74) is 8.84. The third kappa shape index (κ3) is 3.01. The summed E-state index contributed by atoms with van der Waals surface area (Å²) in [6.07, 6.45) is 4.82. The lowest BCUT2D eigenvalue weighted by Gasteiger charge is -2.32. The fourth-order valence-corrected chi connectivity index (χ4v) is 6.65. The van der Waals surface area contributed by atoms with E-state index < -0.39 is 0 Å². The van der Waals surface area contributed by atoms with E-state index in [4.69, 9.17) is 0 Å². The van der Waals surface area contributed by atoms with E-state index in [-0.39, 0.29) is 5.41 Å². The van der Waals surface area contributed by atoms with E-state index in [0.29, 0.717) is 0 Å². The molecule has 0 atom stereocenters. The van der Waals surface area contributed by atoms with Crippen molar-refractivity contribution in [2.45, 2.75) is 44.9 Å². The lowest BCUT2D eigenvalue weighted by atomic mass is 9.71. The topological polar surface area (TPSA) is 0 Å². The summed E-state index contributed by atoms with van der Waals surface area (Å²) in [5, 5.41) is 4.35. The third-order valence-corrected chi connectivity index (χ3v) is 8.16. The van der Waals surface area contributed by atoms with Crippen LogP contribution in [-0.4, -0.2) is 0 Å². The third-order valence-electron chi connectivity index (χ3n) is 6.33. The van der Waals surface area contributed by atoms with Crippen LogP contribution in [0, 0.1) is 0 Å². The van der Waals surface area contributed by atoms with E-state index in [0.717, 1.165) is 0 Å². The Balaban J connectivity index is 1.74. The molecule has 4 aromatic rings. The largest absolute Gasteiger partial charge is 0.144 e. The monoisotopic (exact) mass is 414 g/mol. The summed E-state index contributed by atoms with van der Waals surface area (Å²) in [4.78, 5) is 2.73. The standard InChI is InChI=1S/C27H26S2/c1-3-13-27(14-4-2)23-17-19(25-7-5-15-28-25)9-11-21(23)22-12-10-20(18-24(22)27)26-8-6-16-29-26/h5-12,15-18H,3-4,13-14H2,1-2H3. The van der Waals surface area contributed by atoms with Gasteiger partial charge in [0, 0.05) is 15.2 Å². The number of rotatable bonds is 6. The van der Waals surface area contributed by atoms with E-state index in [9.17, 15) is 0 Å². The summed E-state index contributed by atoms with van der Waals surface area (Å²) < 4.78 is 0. The van der Waals surface area contributed by atoms with Gasteiger partial charge in [-0.3, -0.25) is 0 Å². The van der Waals surface area contributed by atoms with Gasteiger partial charge in [0.15, 0.2) is 0 Å². The predicted molar refractivity (Wildman–Crippen MR) is 129 cm³/mol. The zero-order valence-electron chi connectivity index (χ0n) is 17.1. The summed E-state index contributed by atoms with van der Waals surface area (Å²) in [6, 6.07) is 23.2. The molecular weight excluding hydrogens is 388 g/mol. The second-order valence-electron chi connectivity index (χ2n) is 8.06. The fraction of sp³-hybridized carbons (Fsp3) is 0.259. The van der Waals surface area contributed by atoms with Crippen LogP contribution < -0.4 is 0 Å². The quantitative estimate of drug-likeness (QED) is 0.295. The van der Waals surface area contributed by atoms with Gasteiger partial charge < -0.3 is 0 Å². The highest BCUT2D eigenvalue weighted by Gasteiger charge is 2.42. The SMILES string of the molecule is CCCC1(CCC)c2cc(-c3cccs3)ccc2-c2ccc(-c3cccs3)cc21. The van der Waals surface area contributed by atoms with Gasteiger partial charge in [-0.1, -0.05) is 63.1 Å². The van der Waals surface area contributed by atoms with Gasteiger partial charge in [-0.25, -0.2) is 0 Å². The molecule has 0 fully saturated rings. The van der Waals surface area contributed by atoms with E-state index in [1.54, 1.807) is 11.1 Å². The van der Waals surface area contributed by atoms with Crippen LogP contribution in [0.2, 0.25) is 0 Å². The zero-order valence-corrected chi connectivity index (χ0v) is 18.7.